The molecule has 112 valence electrons. The SMILES string of the molecule is Cc1ccc(OCCS(=O)(=O)c2ccc(N)cc2)c(C)c1. The fourth-order valence-corrected chi connectivity index (χ4v) is 3.10. The van der Waals surface area contributed by atoms with Gasteiger partial charge in [0.25, 0.3) is 0 Å². The topological polar surface area (TPSA) is 69.4 Å². The molecular weight excluding hydrogens is 286 g/mol. The van der Waals surface area contributed by atoms with Crippen LogP contribution in [0.1, 0.15) is 11.1 Å². The van der Waals surface area contributed by atoms with Crippen LogP contribution in [0.4, 0.5) is 5.69 Å². The summed E-state index contributed by atoms with van der Waals surface area (Å²) >= 11 is 0. The summed E-state index contributed by atoms with van der Waals surface area (Å²) in [5.41, 5.74) is 8.24. The average Bonchev–Trinajstić information content (AvgIpc) is 2.41. The fraction of sp³-hybridized carbons (Fsp3) is 0.250. The van der Waals surface area contributed by atoms with E-state index in [4.69, 9.17) is 10.5 Å². The van der Waals surface area contributed by atoms with Crippen molar-refractivity contribution in [1.82, 2.24) is 0 Å². The standard InChI is InChI=1S/C16H19NO3S/c1-12-3-8-16(13(2)11-12)20-9-10-21(18,19)15-6-4-14(17)5-7-15/h3-8,11H,9-10,17H2,1-2H3. The van der Waals surface area contributed by atoms with Crippen molar-refractivity contribution in [2.45, 2.75) is 18.7 Å². The van der Waals surface area contributed by atoms with Crippen LogP contribution in [0.25, 0.3) is 0 Å². The van der Waals surface area contributed by atoms with Gasteiger partial charge in [-0.3, -0.25) is 0 Å². The van der Waals surface area contributed by atoms with Gasteiger partial charge in [-0.15, -0.1) is 0 Å². The van der Waals surface area contributed by atoms with E-state index in [1.807, 2.05) is 32.0 Å². The maximum absolute atomic E-state index is 12.2. The van der Waals surface area contributed by atoms with E-state index in [0.717, 1.165) is 11.1 Å². The normalized spacial score (nSPS) is 11.3. The van der Waals surface area contributed by atoms with Crippen molar-refractivity contribution < 1.29 is 13.2 Å². The number of ether oxygens (including phenoxy) is 1. The first kappa shape index (κ1) is 15.4. The zero-order valence-electron chi connectivity index (χ0n) is 12.2. The first-order chi connectivity index (χ1) is 9.88. The lowest BCUT2D eigenvalue weighted by Gasteiger charge is -2.10. The Morgan fingerprint density at radius 1 is 1.05 bits per heavy atom. The molecule has 0 atom stereocenters. The van der Waals surface area contributed by atoms with Crippen molar-refractivity contribution in [2.75, 3.05) is 18.1 Å². The first-order valence-electron chi connectivity index (χ1n) is 6.67. The van der Waals surface area contributed by atoms with E-state index in [2.05, 4.69) is 0 Å². The Bertz CT molecular complexity index is 722. The van der Waals surface area contributed by atoms with Gasteiger partial charge < -0.3 is 10.5 Å². The lowest BCUT2D eigenvalue weighted by atomic mass is 10.1. The van der Waals surface area contributed by atoms with Gasteiger partial charge in [0.2, 0.25) is 0 Å². The van der Waals surface area contributed by atoms with Gasteiger partial charge in [0.05, 0.1) is 10.6 Å². The minimum Gasteiger partial charge on any atom is -0.492 e. The summed E-state index contributed by atoms with van der Waals surface area (Å²) in [5.74, 6) is 0.651. The number of anilines is 1. The number of nitrogen functional groups attached to an aromatic ring is 1. The molecule has 0 aliphatic carbocycles. The molecule has 0 aliphatic heterocycles. The van der Waals surface area contributed by atoms with Crippen LogP contribution in [0, 0.1) is 13.8 Å². The number of aryl methyl sites for hydroxylation is 2. The number of sulfone groups is 1. The number of hydrogen-bond donors (Lipinski definition) is 1. The molecule has 0 amide bonds. The molecule has 2 aromatic rings. The molecule has 2 aromatic carbocycles. The van der Waals surface area contributed by atoms with Crippen LogP contribution in [0.2, 0.25) is 0 Å². The number of nitrogens with two attached hydrogens (primary N) is 1. The molecule has 0 bridgehead atoms. The van der Waals surface area contributed by atoms with Crippen LogP contribution in [-0.2, 0) is 9.84 Å². The Morgan fingerprint density at radius 2 is 1.71 bits per heavy atom. The van der Waals surface area contributed by atoms with Crippen molar-refractivity contribution in [1.29, 1.82) is 0 Å². The molecule has 0 unspecified atom stereocenters. The molecular formula is C16H19NO3S. The zero-order valence-corrected chi connectivity index (χ0v) is 13.0. The molecule has 0 saturated heterocycles. The van der Waals surface area contributed by atoms with Crippen LogP contribution in [0.15, 0.2) is 47.4 Å². The molecule has 21 heavy (non-hydrogen) atoms. The number of hydrogen-bond acceptors (Lipinski definition) is 4. The fourth-order valence-electron chi connectivity index (χ4n) is 2.02. The Labute approximate surface area is 125 Å². The third kappa shape index (κ3) is 3.98. The second kappa shape index (κ2) is 6.18. The first-order valence-corrected chi connectivity index (χ1v) is 8.32. The third-order valence-corrected chi connectivity index (χ3v) is 4.87. The molecule has 0 radical (unpaired) electrons. The van der Waals surface area contributed by atoms with Crippen molar-refractivity contribution in [3.8, 4) is 5.75 Å². The minimum absolute atomic E-state index is 0.0652. The largest absolute Gasteiger partial charge is 0.492 e. The second-order valence-corrected chi connectivity index (χ2v) is 7.11. The molecule has 4 nitrogen and oxygen atoms in total. The predicted octanol–water partition coefficient (Wildman–Crippen LogP) is 2.74. The monoisotopic (exact) mass is 305 g/mol. The van der Waals surface area contributed by atoms with Crippen molar-refractivity contribution in [3.05, 3.63) is 53.6 Å². The highest BCUT2D eigenvalue weighted by atomic mass is 32.2. The Kier molecular flexibility index (Phi) is 4.53. The van der Waals surface area contributed by atoms with Gasteiger partial charge in [-0.05, 0) is 49.7 Å². The summed E-state index contributed by atoms with van der Waals surface area (Å²) in [6, 6.07) is 12.0. The van der Waals surface area contributed by atoms with Gasteiger partial charge in [-0.2, -0.15) is 0 Å². The molecule has 0 fully saturated rings. The Morgan fingerprint density at radius 3 is 2.33 bits per heavy atom. The van der Waals surface area contributed by atoms with Crippen molar-refractivity contribution in [3.63, 3.8) is 0 Å². The summed E-state index contributed by atoms with van der Waals surface area (Å²) in [6.07, 6.45) is 0. The van der Waals surface area contributed by atoms with E-state index in [1.165, 1.54) is 12.1 Å². The van der Waals surface area contributed by atoms with Gasteiger partial charge in [0.15, 0.2) is 9.84 Å². The molecule has 0 aromatic heterocycles. The van der Waals surface area contributed by atoms with Crippen LogP contribution in [0.3, 0.4) is 0 Å². The molecule has 5 heteroatoms. The minimum atomic E-state index is -3.35. The van der Waals surface area contributed by atoms with E-state index in [0.29, 0.717) is 11.4 Å². The summed E-state index contributed by atoms with van der Waals surface area (Å²) in [4.78, 5) is 0.265. The molecule has 2 N–H and O–H groups in total. The van der Waals surface area contributed by atoms with Gasteiger partial charge >= 0.3 is 0 Å². The molecule has 0 aliphatic rings. The third-order valence-electron chi connectivity index (χ3n) is 3.18. The van der Waals surface area contributed by atoms with Crippen molar-refractivity contribution in [2.24, 2.45) is 0 Å². The molecule has 2 rings (SSSR count). The second-order valence-electron chi connectivity index (χ2n) is 5.01. The smallest absolute Gasteiger partial charge is 0.181 e. The summed E-state index contributed by atoms with van der Waals surface area (Å²) in [6.45, 7) is 4.07. The van der Waals surface area contributed by atoms with Crippen LogP contribution in [0.5, 0.6) is 5.75 Å². The highest BCUT2D eigenvalue weighted by Gasteiger charge is 2.14. The van der Waals surface area contributed by atoms with Gasteiger partial charge in [-0.25, -0.2) is 8.42 Å². The van der Waals surface area contributed by atoms with Gasteiger partial charge in [-0.1, -0.05) is 17.7 Å². The summed E-state index contributed by atoms with van der Waals surface area (Å²) in [7, 11) is -3.35. The maximum Gasteiger partial charge on any atom is 0.181 e. The average molecular weight is 305 g/mol. The van der Waals surface area contributed by atoms with Crippen molar-refractivity contribution >= 4 is 15.5 Å². The number of benzene rings is 2. The molecule has 0 saturated carbocycles. The van der Waals surface area contributed by atoms with Gasteiger partial charge in [0, 0.05) is 5.69 Å². The Balaban J connectivity index is 2.00. The lowest BCUT2D eigenvalue weighted by molar-refractivity contribution is 0.338. The highest BCUT2D eigenvalue weighted by Crippen LogP contribution is 2.19. The highest BCUT2D eigenvalue weighted by molar-refractivity contribution is 7.91. The Hall–Kier alpha value is -2.01. The molecule has 0 heterocycles. The summed E-state index contributed by atoms with van der Waals surface area (Å²) < 4.78 is 29.9. The maximum atomic E-state index is 12.2. The predicted molar refractivity (Wildman–Crippen MR) is 84.3 cm³/mol. The van der Waals surface area contributed by atoms with Crippen LogP contribution in [-0.4, -0.2) is 20.8 Å². The van der Waals surface area contributed by atoms with E-state index in [1.54, 1.807) is 12.1 Å². The summed E-state index contributed by atoms with van der Waals surface area (Å²) in [5, 5.41) is 0. The van der Waals surface area contributed by atoms with E-state index in [-0.39, 0.29) is 17.3 Å². The zero-order chi connectivity index (χ0) is 15.5. The van der Waals surface area contributed by atoms with E-state index in [9.17, 15) is 8.42 Å². The van der Waals surface area contributed by atoms with Crippen LogP contribution < -0.4 is 10.5 Å². The van der Waals surface area contributed by atoms with E-state index < -0.39 is 9.84 Å². The van der Waals surface area contributed by atoms with E-state index >= 15 is 0 Å². The van der Waals surface area contributed by atoms with Crippen LogP contribution >= 0.6 is 0 Å². The quantitative estimate of drug-likeness (QED) is 0.862. The number of rotatable bonds is 5. The van der Waals surface area contributed by atoms with Gasteiger partial charge in [0.1, 0.15) is 12.4 Å². The lowest BCUT2D eigenvalue weighted by Crippen LogP contribution is -2.14. The molecule has 0 spiro atoms.